The van der Waals surface area contributed by atoms with Crippen molar-refractivity contribution >= 4 is 11.9 Å². The fourth-order valence-corrected chi connectivity index (χ4v) is 1.76. The van der Waals surface area contributed by atoms with Gasteiger partial charge >= 0.3 is 11.7 Å². The first-order valence-electron chi connectivity index (χ1n) is 5.93. The fraction of sp³-hybridized carbons (Fsp3) is 0.500. The second kappa shape index (κ2) is 6.12. The first-order chi connectivity index (χ1) is 8.85. The van der Waals surface area contributed by atoms with Gasteiger partial charge in [0.2, 0.25) is 5.91 Å². The Morgan fingerprint density at radius 2 is 2.05 bits per heavy atom. The van der Waals surface area contributed by atoms with E-state index in [2.05, 4.69) is 15.3 Å². The number of hydrogen-bond acceptors (Lipinski definition) is 4. The number of amides is 1. The van der Waals surface area contributed by atoms with E-state index in [9.17, 15) is 14.4 Å². The van der Waals surface area contributed by atoms with Crippen LogP contribution >= 0.6 is 0 Å². The third-order valence-electron chi connectivity index (χ3n) is 2.83. The van der Waals surface area contributed by atoms with Crippen molar-refractivity contribution in [1.29, 1.82) is 0 Å². The molecule has 19 heavy (non-hydrogen) atoms. The molecule has 0 aliphatic heterocycles. The zero-order valence-electron chi connectivity index (χ0n) is 11.1. The molecule has 104 valence electrons. The fourth-order valence-electron chi connectivity index (χ4n) is 1.76. The van der Waals surface area contributed by atoms with Crippen molar-refractivity contribution < 1.29 is 14.7 Å². The number of carbonyl (C=O) groups excluding carboxylic acids is 1. The van der Waals surface area contributed by atoms with Crippen LogP contribution in [0.3, 0.4) is 0 Å². The summed E-state index contributed by atoms with van der Waals surface area (Å²) in [5.41, 5.74) is 1.18. The molecule has 0 aliphatic rings. The molecule has 7 heteroatoms. The summed E-state index contributed by atoms with van der Waals surface area (Å²) < 4.78 is 0. The average molecular weight is 267 g/mol. The van der Waals surface area contributed by atoms with E-state index in [1.807, 2.05) is 0 Å². The summed E-state index contributed by atoms with van der Waals surface area (Å²) in [4.78, 5) is 39.9. The van der Waals surface area contributed by atoms with E-state index < -0.39 is 23.6 Å². The molecule has 0 saturated heterocycles. The monoisotopic (exact) mass is 267 g/mol. The molecule has 1 aromatic rings. The minimum Gasteiger partial charge on any atom is -0.480 e. The number of H-pyrrole nitrogens is 1. The number of aryl methyl sites for hydroxylation is 2. The standard InChI is InChI=1S/C12H17N3O4/c1-4-9(11(17)18)15-10(16)5-8-6(2)13-12(19)14-7(8)3/h9H,4-5H2,1-3H3,(H,15,16)(H,17,18)(H,13,14,19). The van der Waals surface area contributed by atoms with Gasteiger partial charge in [0.25, 0.3) is 0 Å². The number of nitrogens with one attached hydrogen (secondary N) is 2. The van der Waals surface area contributed by atoms with Gasteiger partial charge in [0.1, 0.15) is 6.04 Å². The van der Waals surface area contributed by atoms with E-state index in [0.717, 1.165) is 0 Å². The Morgan fingerprint density at radius 3 is 2.53 bits per heavy atom. The molecule has 0 fully saturated rings. The Bertz CT molecular complexity index is 524. The van der Waals surface area contributed by atoms with Gasteiger partial charge in [-0.25, -0.2) is 9.59 Å². The normalized spacial score (nSPS) is 11.9. The molecule has 0 aromatic carbocycles. The van der Waals surface area contributed by atoms with E-state index in [-0.39, 0.29) is 6.42 Å². The highest BCUT2D eigenvalue weighted by Gasteiger charge is 2.19. The maximum Gasteiger partial charge on any atom is 0.345 e. The zero-order chi connectivity index (χ0) is 14.6. The lowest BCUT2D eigenvalue weighted by Gasteiger charge is -2.13. The number of nitrogens with zero attached hydrogens (tertiary/aromatic N) is 1. The summed E-state index contributed by atoms with van der Waals surface area (Å²) in [5, 5.41) is 11.3. The highest BCUT2D eigenvalue weighted by Crippen LogP contribution is 2.07. The molecular formula is C12H17N3O4. The highest BCUT2D eigenvalue weighted by molar-refractivity contribution is 5.85. The van der Waals surface area contributed by atoms with Crippen LogP contribution in [-0.2, 0) is 16.0 Å². The summed E-state index contributed by atoms with van der Waals surface area (Å²) in [6.45, 7) is 4.99. The van der Waals surface area contributed by atoms with Crippen LogP contribution in [0.1, 0.15) is 30.3 Å². The van der Waals surface area contributed by atoms with Crippen LogP contribution in [0.2, 0.25) is 0 Å². The second-order valence-corrected chi connectivity index (χ2v) is 4.27. The van der Waals surface area contributed by atoms with Crippen molar-refractivity contribution in [1.82, 2.24) is 15.3 Å². The maximum absolute atomic E-state index is 11.8. The van der Waals surface area contributed by atoms with Crippen LogP contribution in [0.25, 0.3) is 0 Å². The van der Waals surface area contributed by atoms with Crippen LogP contribution in [0, 0.1) is 13.8 Å². The van der Waals surface area contributed by atoms with E-state index >= 15 is 0 Å². The Kier molecular flexibility index (Phi) is 4.80. The van der Waals surface area contributed by atoms with Gasteiger partial charge in [0, 0.05) is 17.0 Å². The van der Waals surface area contributed by atoms with Crippen LogP contribution in [0.15, 0.2) is 4.79 Å². The van der Waals surface area contributed by atoms with Gasteiger partial charge < -0.3 is 15.4 Å². The Hall–Kier alpha value is -2.18. The molecule has 0 radical (unpaired) electrons. The average Bonchev–Trinajstić information content (AvgIpc) is 2.30. The molecule has 7 nitrogen and oxygen atoms in total. The predicted octanol–water partition coefficient (Wildman–Crippen LogP) is -0.0914. The van der Waals surface area contributed by atoms with Crippen molar-refractivity contribution in [3.63, 3.8) is 0 Å². The van der Waals surface area contributed by atoms with E-state index in [4.69, 9.17) is 5.11 Å². The van der Waals surface area contributed by atoms with Crippen LogP contribution < -0.4 is 11.0 Å². The van der Waals surface area contributed by atoms with E-state index in [1.54, 1.807) is 20.8 Å². The maximum atomic E-state index is 11.8. The van der Waals surface area contributed by atoms with Gasteiger partial charge in [0.15, 0.2) is 0 Å². The number of aliphatic carboxylic acids is 1. The lowest BCUT2D eigenvalue weighted by Crippen LogP contribution is -2.41. The van der Waals surface area contributed by atoms with Crippen molar-refractivity contribution in [2.75, 3.05) is 0 Å². The smallest absolute Gasteiger partial charge is 0.345 e. The lowest BCUT2D eigenvalue weighted by atomic mass is 10.1. The van der Waals surface area contributed by atoms with Crippen molar-refractivity contribution in [3.05, 3.63) is 27.4 Å². The quantitative estimate of drug-likeness (QED) is 0.690. The number of carboxylic acids is 1. The van der Waals surface area contributed by atoms with Gasteiger partial charge in [-0.1, -0.05) is 6.92 Å². The van der Waals surface area contributed by atoms with Crippen LogP contribution in [-0.4, -0.2) is 33.0 Å². The Morgan fingerprint density at radius 1 is 1.42 bits per heavy atom. The molecule has 0 saturated carbocycles. The number of aromatic nitrogens is 2. The van der Waals surface area contributed by atoms with Crippen molar-refractivity contribution in [2.45, 2.75) is 39.7 Å². The minimum absolute atomic E-state index is 0.00870. The van der Waals surface area contributed by atoms with Gasteiger partial charge in [-0.3, -0.25) is 4.79 Å². The van der Waals surface area contributed by atoms with Gasteiger partial charge in [-0.05, 0) is 20.3 Å². The summed E-state index contributed by atoms with van der Waals surface area (Å²) in [5.74, 6) is -1.47. The molecule has 1 unspecified atom stereocenters. The number of carboxylic acid groups (broad SMARTS) is 1. The molecule has 1 heterocycles. The third-order valence-corrected chi connectivity index (χ3v) is 2.83. The van der Waals surface area contributed by atoms with Crippen molar-refractivity contribution in [2.24, 2.45) is 0 Å². The molecular weight excluding hydrogens is 250 g/mol. The molecule has 0 spiro atoms. The van der Waals surface area contributed by atoms with Gasteiger partial charge in [-0.15, -0.1) is 0 Å². The highest BCUT2D eigenvalue weighted by atomic mass is 16.4. The third kappa shape index (κ3) is 3.90. The van der Waals surface area contributed by atoms with E-state index in [0.29, 0.717) is 23.4 Å². The molecule has 1 atom stereocenters. The van der Waals surface area contributed by atoms with Gasteiger partial charge in [-0.2, -0.15) is 4.98 Å². The molecule has 3 N–H and O–H groups in total. The Balaban J connectivity index is 2.83. The first-order valence-corrected chi connectivity index (χ1v) is 5.93. The Labute approximate surface area is 110 Å². The number of aromatic amines is 1. The molecule has 0 aliphatic carbocycles. The number of carbonyl (C=O) groups is 2. The first kappa shape index (κ1) is 14.9. The van der Waals surface area contributed by atoms with Crippen LogP contribution in [0.4, 0.5) is 0 Å². The lowest BCUT2D eigenvalue weighted by molar-refractivity contribution is -0.141. The van der Waals surface area contributed by atoms with Crippen molar-refractivity contribution in [3.8, 4) is 0 Å². The SMILES string of the molecule is CCC(NC(=O)Cc1c(C)nc(=O)[nH]c1C)C(=O)O. The summed E-state index contributed by atoms with van der Waals surface area (Å²) in [6, 6.07) is -0.899. The second-order valence-electron chi connectivity index (χ2n) is 4.27. The number of hydrogen-bond donors (Lipinski definition) is 3. The molecule has 0 bridgehead atoms. The summed E-state index contributed by atoms with van der Waals surface area (Å²) >= 11 is 0. The van der Waals surface area contributed by atoms with Crippen LogP contribution in [0.5, 0.6) is 0 Å². The van der Waals surface area contributed by atoms with Gasteiger partial charge in [0.05, 0.1) is 6.42 Å². The molecule has 1 aromatic heterocycles. The summed E-state index contributed by atoms with van der Waals surface area (Å²) in [7, 11) is 0. The molecule has 1 amide bonds. The minimum atomic E-state index is -1.07. The molecule has 1 rings (SSSR count). The van der Waals surface area contributed by atoms with E-state index in [1.165, 1.54) is 0 Å². The largest absolute Gasteiger partial charge is 0.480 e. The summed E-state index contributed by atoms with van der Waals surface area (Å²) in [6.07, 6.45) is 0.300. The number of rotatable bonds is 5. The predicted molar refractivity (Wildman–Crippen MR) is 67.9 cm³/mol. The zero-order valence-corrected chi connectivity index (χ0v) is 11.1. The topological polar surface area (TPSA) is 112 Å².